The van der Waals surface area contributed by atoms with Crippen LogP contribution in [-0.2, 0) is 6.42 Å². The summed E-state index contributed by atoms with van der Waals surface area (Å²) in [5, 5.41) is 25.6. The fourth-order valence-electron chi connectivity index (χ4n) is 3.48. The number of hydrogen-bond acceptors (Lipinski definition) is 5. The van der Waals surface area contributed by atoms with Gasteiger partial charge in [-0.2, -0.15) is 0 Å². The quantitative estimate of drug-likeness (QED) is 0.752. The summed E-state index contributed by atoms with van der Waals surface area (Å²) in [5.41, 5.74) is 2.88. The van der Waals surface area contributed by atoms with Gasteiger partial charge in [0.05, 0.1) is 5.69 Å². The third-order valence-corrected chi connectivity index (χ3v) is 5.06. The number of aromatic hydroxyl groups is 1. The molecule has 1 atom stereocenters. The van der Waals surface area contributed by atoms with Crippen LogP contribution in [0.1, 0.15) is 44.1 Å². The lowest BCUT2D eigenvalue weighted by atomic mass is 9.96. The molecule has 0 unspecified atom stereocenters. The minimum absolute atomic E-state index is 0.297. The number of aryl methyl sites for hydroxylation is 1. The average molecular weight is 338 g/mol. The van der Waals surface area contributed by atoms with Crippen molar-refractivity contribution in [1.29, 1.82) is 0 Å². The number of anilines is 1. The lowest BCUT2D eigenvalue weighted by molar-refractivity contribution is 0.382. The van der Waals surface area contributed by atoms with E-state index in [0.29, 0.717) is 17.8 Å². The second kappa shape index (κ2) is 7.40. The zero-order valence-corrected chi connectivity index (χ0v) is 14.5. The van der Waals surface area contributed by atoms with Crippen molar-refractivity contribution >= 4 is 5.82 Å². The molecule has 132 valence electrons. The molecule has 0 spiro atoms. The van der Waals surface area contributed by atoms with Gasteiger partial charge in [0.2, 0.25) is 0 Å². The molecule has 2 aliphatic rings. The number of phenolic OH excluding ortho intramolecular Hbond substituents is 1. The van der Waals surface area contributed by atoms with Crippen molar-refractivity contribution in [1.82, 2.24) is 15.5 Å². The molecule has 5 nitrogen and oxygen atoms in total. The molecule has 0 bridgehead atoms. The van der Waals surface area contributed by atoms with E-state index in [1.807, 2.05) is 18.2 Å². The van der Waals surface area contributed by atoms with Crippen LogP contribution < -0.4 is 10.6 Å². The zero-order valence-electron chi connectivity index (χ0n) is 14.5. The first-order valence-corrected chi connectivity index (χ1v) is 9.43. The van der Waals surface area contributed by atoms with E-state index in [9.17, 15) is 5.11 Å². The van der Waals surface area contributed by atoms with Crippen molar-refractivity contribution in [3.05, 3.63) is 35.9 Å². The first-order chi connectivity index (χ1) is 12.3. The SMILES string of the molecule is Oc1cc(CC[C@@H]2CCCCN2)cc(-c2ccc(NC3CC3)nn2)c1. The molecule has 1 aliphatic carbocycles. The predicted octanol–water partition coefficient (Wildman–Crippen LogP) is 3.50. The maximum atomic E-state index is 10.1. The molecule has 2 heterocycles. The first kappa shape index (κ1) is 16.3. The Hall–Kier alpha value is -2.14. The fraction of sp³-hybridized carbons (Fsp3) is 0.500. The van der Waals surface area contributed by atoms with Crippen molar-refractivity contribution in [2.45, 2.75) is 57.0 Å². The standard InChI is InChI=1S/C20H26N4O/c25-18-12-14(4-5-16-3-1-2-10-21-16)11-15(13-18)19-8-9-20(24-23-19)22-17-6-7-17/h8-9,11-13,16-17,21,25H,1-7,10H2,(H,22,24)/t16-/m0/s1. The number of nitrogens with zero attached hydrogens (tertiary/aromatic N) is 2. The topological polar surface area (TPSA) is 70.1 Å². The third kappa shape index (κ3) is 4.48. The highest BCUT2D eigenvalue weighted by Gasteiger charge is 2.21. The molecule has 1 aromatic heterocycles. The molecule has 1 aliphatic heterocycles. The van der Waals surface area contributed by atoms with Gasteiger partial charge in [0.15, 0.2) is 0 Å². The summed E-state index contributed by atoms with van der Waals surface area (Å²) in [6, 6.07) is 10.9. The van der Waals surface area contributed by atoms with Gasteiger partial charge in [-0.3, -0.25) is 0 Å². The average Bonchev–Trinajstić information content (AvgIpc) is 3.45. The van der Waals surface area contributed by atoms with Gasteiger partial charge in [-0.1, -0.05) is 6.42 Å². The molecular weight excluding hydrogens is 312 g/mol. The van der Waals surface area contributed by atoms with Crippen molar-refractivity contribution in [2.24, 2.45) is 0 Å². The highest BCUT2D eigenvalue weighted by atomic mass is 16.3. The van der Waals surface area contributed by atoms with Crippen LogP contribution in [0.25, 0.3) is 11.3 Å². The van der Waals surface area contributed by atoms with Crippen molar-refractivity contribution in [2.75, 3.05) is 11.9 Å². The Kier molecular flexibility index (Phi) is 4.83. The molecule has 2 fully saturated rings. The zero-order chi connectivity index (χ0) is 17.1. The minimum atomic E-state index is 0.297. The fourth-order valence-corrected chi connectivity index (χ4v) is 3.48. The minimum Gasteiger partial charge on any atom is -0.508 e. The second-order valence-electron chi connectivity index (χ2n) is 7.30. The third-order valence-electron chi connectivity index (χ3n) is 5.06. The van der Waals surface area contributed by atoms with E-state index < -0.39 is 0 Å². The monoisotopic (exact) mass is 338 g/mol. The molecule has 3 N–H and O–H groups in total. The molecule has 4 rings (SSSR count). The Labute approximate surface area is 148 Å². The number of piperidine rings is 1. The van der Waals surface area contributed by atoms with Gasteiger partial charge in [-0.25, -0.2) is 0 Å². The Bertz CT molecular complexity index is 706. The molecule has 0 radical (unpaired) electrons. The Morgan fingerprint density at radius 3 is 2.72 bits per heavy atom. The van der Waals surface area contributed by atoms with Crippen LogP contribution in [0.15, 0.2) is 30.3 Å². The summed E-state index contributed by atoms with van der Waals surface area (Å²) in [6.45, 7) is 1.13. The summed E-state index contributed by atoms with van der Waals surface area (Å²) in [7, 11) is 0. The van der Waals surface area contributed by atoms with Gasteiger partial charge < -0.3 is 15.7 Å². The lowest BCUT2D eigenvalue weighted by Gasteiger charge is -2.23. The van der Waals surface area contributed by atoms with Gasteiger partial charge in [0, 0.05) is 17.6 Å². The van der Waals surface area contributed by atoms with Crippen LogP contribution in [0.2, 0.25) is 0 Å². The van der Waals surface area contributed by atoms with E-state index in [1.54, 1.807) is 6.07 Å². The number of rotatable bonds is 6. The molecule has 5 heteroatoms. The molecule has 25 heavy (non-hydrogen) atoms. The number of aromatic nitrogens is 2. The Morgan fingerprint density at radius 1 is 1.08 bits per heavy atom. The highest BCUT2D eigenvalue weighted by Crippen LogP contribution is 2.27. The number of nitrogens with one attached hydrogen (secondary N) is 2. The van der Waals surface area contributed by atoms with Crippen molar-refractivity contribution in [3.63, 3.8) is 0 Å². The van der Waals surface area contributed by atoms with E-state index in [1.165, 1.54) is 32.1 Å². The van der Waals surface area contributed by atoms with E-state index in [0.717, 1.165) is 42.0 Å². The smallest absolute Gasteiger partial charge is 0.148 e. The largest absolute Gasteiger partial charge is 0.508 e. The molecule has 2 aromatic rings. The normalized spacial score (nSPS) is 20.4. The molecule has 0 amide bonds. The number of hydrogen-bond donors (Lipinski definition) is 3. The first-order valence-electron chi connectivity index (χ1n) is 9.43. The molecular formula is C20H26N4O. The van der Waals surface area contributed by atoms with Crippen molar-refractivity contribution < 1.29 is 5.11 Å². The molecule has 1 saturated carbocycles. The maximum absolute atomic E-state index is 10.1. The summed E-state index contributed by atoms with van der Waals surface area (Å²) in [4.78, 5) is 0. The van der Waals surface area contributed by atoms with Crippen LogP contribution in [0.3, 0.4) is 0 Å². The van der Waals surface area contributed by atoms with Crippen LogP contribution >= 0.6 is 0 Å². The van der Waals surface area contributed by atoms with Gasteiger partial charge in [-0.05, 0) is 81.0 Å². The Morgan fingerprint density at radius 2 is 2.00 bits per heavy atom. The highest BCUT2D eigenvalue weighted by molar-refractivity contribution is 5.63. The molecule has 1 aromatic carbocycles. The Balaban J connectivity index is 1.44. The maximum Gasteiger partial charge on any atom is 0.148 e. The van der Waals surface area contributed by atoms with Crippen LogP contribution in [0.5, 0.6) is 5.75 Å². The van der Waals surface area contributed by atoms with Gasteiger partial charge >= 0.3 is 0 Å². The van der Waals surface area contributed by atoms with Crippen LogP contribution in [-0.4, -0.2) is 33.9 Å². The summed E-state index contributed by atoms with van der Waals surface area (Å²) in [6.07, 6.45) is 8.38. The van der Waals surface area contributed by atoms with Crippen LogP contribution in [0.4, 0.5) is 5.82 Å². The van der Waals surface area contributed by atoms with Gasteiger partial charge in [0.1, 0.15) is 11.6 Å². The lowest BCUT2D eigenvalue weighted by Crippen LogP contribution is -2.34. The number of benzene rings is 1. The molecule has 1 saturated heterocycles. The van der Waals surface area contributed by atoms with E-state index >= 15 is 0 Å². The van der Waals surface area contributed by atoms with Gasteiger partial charge in [0.25, 0.3) is 0 Å². The second-order valence-corrected chi connectivity index (χ2v) is 7.30. The van der Waals surface area contributed by atoms with Crippen molar-refractivity contribution in [3.8, 4) is 17.0 Å². The summed E-state index contributed by atoms with van der Waals surface area (Å²) in [5.74, 6) is 1.13. The van der Waals surface area contributed by atoms with Gasteiger partial charge in [-0.15, -0.1) is 10.2 Å². The van der Waals surface area contributed by atoms with E-state index in [2.05, 4.69) is 26.9 Å². The number of phenols is 1. The van der Waals surface area contributed by atoms with E-state index in [4.69, 9.17) is 0 Å². The summed E-state index contributed by atoms with van der Waals surface area (Å²) >= 11 is 0. The van der Waals surface area contributed by atoms with E-state index in [-0.39, 0.29) is 0 Å². The predicted molar refractivity (Wildman–Crippen MR) is 99.7 cm³/mol. The summed E-state index contributed by atoms with van der Waals surface area (Å²) < 4.78 is 0. The van der Waals surface area contributed by atoms with Crippen LogP contribution in [0, 0.1) is 0 Å².